The molecule has 0 atom stereocenters. The van der Waals surface area contributed by atoms with Gasteiger partial charge in [-0.15, -0.1) is 0 Å². The monoisotopic (exact) mass is 352 g/mol. The fraction of sp³-hybridized carbons (Fsp3) is 0.450. The molecule has 0 bridgehead atoms. The molecule has 26 heavy (non-hydrogen) atoms. The minimum atomic E-state index is 0.600. The van der Waals surface area contributed by atoms with Gasteiger partial charge in [-0.25, -0.2) is 9.97 Å². The van der Waals surface area contributed by atoms with Crippen LogP contribution >= 0.6 is 0 Å². The first kappa shape index (κ1) is 18.3. The number of benzene rings is 1. The Hall–Kier alpha value is -2.47. The van der Waals surface area contributed by atoms with Crippen molar-refractivity contribution in [3.8, 4) is 0 Å². The second-order valence-corrected chi connectivity index (χ2v) is 6.83. The molecule has 1 saturated heterocycles. The van der Waals surface area contributed by atoms with Crippen LogP contribution in [0.4, 0.5) is 23.0 Å². The lowest BCUT2D eigenvalue weighted by atomic mass is 10.2. The molecule has 0 radical (unpaired) electrons. The molecule has 1 fully saturated rings. The van der Waals surface area contributed by atoms with Crippen molar-refractivity contribution in [3.63, 3.8) is 0 Å². The Labute approximate surface area is 156 Å². The lowest BCUT2D eigenvalue weighted by molar-refractivity contribution is 0.313. The highest BCUT2D eigenvalue weighted by Crippen LogP contribution is 2.22. The fourth-order valence-corrected chi connectivity index (χ4v) is 2.86. The molecule has 0 aliphatic carbocycles. The average molecular weight is 352 g/mol. The Morgan fingerprint density at radius 1 is 1.15 bits per heavy atom. The zero-order valence-electron chi connectivity index (χ0n) is 16.2. The topological polar surface area (TPSA) is 56.7 Å². The van der Waals surface area contributed by atoms with E-state index in [0.717, 1.165) is 55.4 Å². The predicted octanol–water partition coefficient (Wildman–Crippen LogP) is 3.78. The number of rotatable bonds is 5. The summed E-state index contributed by atoms with van der Waals surface area (Å²) in [6.45, 7) is 10.4. The number of hydrogen-bond donors (Lipinski definition) is 1. The second-order valence-electron chi connectivity index (χ2n) is 6.83. The molecule has 1 aromatic carbocycles. The highest BCUT2D eigenvalue weighted by Gasteiger charge is 2.14. The molecule has 0 unspecified atom stereocenters. The van der Waals surface area contributed by atoms with Crippen molar-refractivity contribution in [1.82, 2.24) is 14.9 Å². The summed E-state index contributed by atoms with van der Waals surface area (Å²) >= 11 is 0. The smallest absolute Gasteiger partial charge is 0.227 e. The molecule has 0 spiro atoms. The van der Waals surface area contributed by atoms with E-state index in [2.05, 4.69) is 68.3 Å². The van der Waals surface area contributed by atoms with Gasteiger partial charge in [0.15, 0.2) is 0 Å². The highest BCUT2D eigenvalue weighted by atomic mass is 15.2. The summed E-state index contributed by atoms with van der Waals surface area (Å²) < 4.78 is 0. The van der Waals surface area contributed by atoms with Crippen LogP contribution in [0.2, 0.25) is 0 Å². The van der Waals surface area contributed by atoms with Crippen molar-refractivity contribution >= 4 is 28.7 Å². The minimum absolute atomic E-state index is 0.600. The molecule has 2 aromatic rings. The SMILES string of the molecule is CC/C(C)=N\c1cnc(Nc2ccc(N3CCN(C)CC3)cc2)nc1C. The lowest BCUT2D eigenvalue weighted by Gasteiger charge is -2.34. The van der Waals surface area contributed by atoms with Crippen molar-refractivity contribution in [1.29, 1.82) is 0 Å². The summed E-state index contributed by atoms with van der Waals surface area (Å²) in [6.07, 6.45) is 2.71. The molecule has 1 aromatic heterocycles. The zero-order chi connectivity index (χ0) is 18.5. The largest absolute Gasteiger partial charge is 0.369 e. The maximum atomic E-state index is 4.55. The molecule has 6 heteroatoms. The van der Waals surface area contributed by atoms with E-state index >= 15 is 0 Å². The van der Waals surface area contributed by atoms with E-state index in [1.165, 1.54) is 5.69 Å². The lowest BCUT2D eigenvalue weighted by Crippen LogP contribution is -2.44. The van der Waals surface area contributed by atoms with Gasteiger partial charge < -0.3 is 15.1 Å². The molecule has 0 amide bonds. The number of nitrogens with one attached hydrogen (secondary N) is 1. The van der Waals surface area contributed by atoms with E-state index in [1.54, 1.807) is 6.20 Å². The van der Waals surface area contributed by atoms with Gasteiger partial charge in [0.05, 0.1) is 11.9 Å². The van der Waals surface area contributed by atoms with Crippen LogP contribution in [-0.2, 0) is 0 Å². The zero-order valence-corrected chi connectivity index (χ0v) is 16.2. The maximum absolute atomic E-state index is 4.55. The Morgan fingerprint density at radius 3 is 2.46 bits per heavy atom. The van der Waals surface area contributed by atoms with E-state index < -0.39 is 0 Å². The maximum Gasteiger partial charge on any atom is 0.227 e. The van der Waals surface area contributed by atoms with E-state index in [0.29, 0.717) is 5.95 Å². The molecule has 1 N–H and O–H groups in total. The summed E-state index contributed by atoms with van der Waals surface area (Å²) in [6, 6.07) is 8.48. The molecule has 1 aliphatic heterocycles. The molecule has 138 valence electrons. The predicted molar refractivity (Wildman–Crippen MR) is 109 cm³/mol. The molecular formula is C20H28N6. The van der Waals surface area contributed by atoms with Crippen molar-refractivity contribution < 1.29 is 0 Å². The van der Waals surface area contributed by atoms with Gasteiger partial charge in [0, 0.05) is 43.3 Å². The number of hydrogen-bond acceptors (Lipinski definition) is 6. The summed E-state index contributed by atoms with van der Waals surface area (Å²) in [4.78, 5) is 18.3. The number of piperazine rings is 1. The molecule has 1 aliphatic rings. The van der Waals surface area contributed by atoms with Crippen LogP contribution < -0.4 is 10.2 Å². The third kappa shape index (κ3) is 4.58. The number of nitrogens with zero attached hydrogens (tertiary/aromatic N) is 5. The number of likely N-dealkylation sites (N-methyl/N-ethyl adjacent to an activating group) is 1. The summed E-state index contributed by atoms with van der Waals surface area (Å²) in [5.41, 5.74) is 5.05. The average Bonchev–Trinajstić information content (AvgIpc) is 2.65. The van der Waals surface area contributed by atoms with Gasteiger partial charge in [-0.1, -0.05) is 6.92 Å². The Balaban J connectivity index is 1.66. The van der Waals surface area contributed by atoms with Crippen molar-refractivity contribution in [2.24, 2.45) is 4.99 Å². The third-order valence-electron chi connectivity index (χ3n) is 4.77. The van der Waals surface area contributed by atoms with Gasteiger partial charge in [-0.05, 0) is 51.6 Å². The fourth-order valence-electron chi connectivity index (χ4n) is 2.86. The second kappa shape index (κ2) is 8.27. The van der Waals surface area contributed by atoms with Crippen molar-refractivity contribution in [3.05, 3.63) is 36.2 Å². The van der Waals surface area contributed by atoms with E-state index in [4.69, 9.17) is 0 Å². The van der Waals surface area contributed by atoms with Crippen LogP contribution in [0.15, 0.2) is 35.5 Å². The molecule has 2 heterocycles. The molecule has 0 saturated carbocycles. The Kier molecular flexibility index (Phi) is 5.83. The summed E-state index contributed by atoms with van der Waals surface area (Å²) in [5, 5.41) is 3.28. The number of anilines is 3. The minimum Gasteiger partial charge on any atom is -0.369 e. The van der Waals surface area contributed by atoms with E-state index in [-0.39, 0.29) is 0 Å². The van der Waals surface area contributed by atoms with Gasteiger partial charge in [0.1, 0.15) is 5.69 Å². The third-order valence-corrected chi connectivity index (χ3v) is 4.77. The molecule has 6 nitrogen and oxygen atoms in total. The van der Waals surface area contributed by atoms with Crippen molar-refractivity contribution in [2.75, 3.05) is 43.4 Å². The van der Waals surface area contributed by atoms with Crippen LogP contribution in [-0.4, -0.2) is 53.8 Å². The first-order valence-corrected chi connectivity index (χ1v) is 9.23. The standard InChI is InChI=1S/C20H28N6/c1-5-15(2)22-19-14-21-20(23-16(19)3)24-17-6-8-18(9-7-17)26-12-10-25(4)11-13-26/h6-9,14H,5,10-13H2,1-4H3,(H,21,23,24)/b22-15-. The van der Waals surface area contributed by atoms with Crippen LogP contribution in [0.5, 0.6) is 0 Å². The van der Waals surface area contributed by atoms with Gasteiger partial charge in [-0.2, -0.15) is 0 Å². The van der Waals surface area contributed by atoms with Gasteiger partial charge >= 0.3 is 0 Å². The van der Waals surface area contributed by atoms with Gasteiger partial charge in [0.2, 0.25) is 5.95 Å². The molecular weight excluding hydrogens is 324 g/mol. The number of aromatic nitrogens is 2. The van der Waals surface area contributed by atoms with Gasteiger partial charge in [0.25, 0.3) is 0 Å². The highest BCUT2D eigenvalue weighted by molar-refractivity contribution is 5.84. The quantitative estimate of drug-likeness (QED) is 0.830. The Bertz CT molecular complexity index is 760. The summed E-state index contributed by atoms with van der Waals surface area (Å²) in [5.74, 6) is 0.600. The molecule has 3 rings (SSSR count). The first-order chi connectivity index (χ1) is 12.5. The summed E-state index contributed by atoms with van der Waals surface area (Å²) in [7, 11) is 2.17. The Morgan fingerprint density at radius 2 is 1.85 bits per heavy atom. The van der Waals surface area contributed by atoms with Crippen LogP contribution in [0.3, 0.4) is 0 Å². The number of aryl methyl sites for hydroxylation is 1. The first-order valence-electron chi connectivity index (χ1n) is 9.23. The van der Waals surface area contributed by atoms with Gasteiger partial charge in [-0.3, -0.25) is 4.99 Å². The number of aliphatic imine (C=N–C) groups is 1. The van der Waals surface area contributed by atoms with Crippen LogP contribution in [0.1, 0.15) is 26.0 Å². The van der Waals surface area contributed by atoms with Crippen LogP contribution in [0.25, 0.3) is 0 Å². The van der Waals surface area contributed by atoms with E-state index in [1.807, 2.05) is 13.8 Å². The van der Waals surface area contributed by atoms with E-state index in [9.17, 15) is 0 Å². The van der Waals surface area contributed by atoms with Crippen molar-refractivity contribution in [2.45, 2.75) is 27.2 Å². The van der Waals surface area contributed by atoms with Crippen LogP contribution in [0, 0.1) is 6.92 Å². The normalized spacial score (nSPS) is 16.0.